The van der Waals surface area contributed by atoms with Crippen molar-refractivity contribution in [2.75, 3.05) is 5.73 Å². The van der Waals surface area contributed by atoms with Gasteiger partial charge in [0.2, 0.25) is 0 Å². The van der Waals surface area contributed by atoms with Gasteiger partial charge in [0.15, 0.2) is 5.82 Å². The van der Waals surface area contributed by atoms with Crippen molar-refractivity contribution in [1.29, 1.82) is 0 Å². The second-order valence-electron chi connectivity index (χ2n) is 2.53. The molecule has 0 unspecified atom stereocenters. The highest BCUT2D eigenvalue weighted by Crippen LogP contribution is 2.16. The van der Waals surface area contributed by atoms with Crippen molar-refractivity contribution >= 4 is 22.7 Å². The minimum Gasteiger partial charge on any atom is -0.477 e. The third kappa shape index (κ3) is 1.08. The fourth-order valence-electron chi connectivity index (χ4n) is 1.05. The number of H-pyrrole nitrogens is 1. The molecule has 6 heteroatoms. The number of aromatic amines is 1. The average molecular weight is 178 g/mol. The number of nitrogen functional groups attached to an aromatic ring is 1. The molecule has 0 saturated heterocycles. The fraction of sp³-hybridized carbons (Fsp3) is 0. The maximum absolute atomic E-state index is 10.5. The van der Waals surface area contributed by atoms with Gasteiger partial charge in [-0.1, -0.05) is 0 Å². The molecule has 66 valence electrons. The molecule has 13 heavy (non-hydrogen) atoms. The Kier molecular flexibility index (Phi) is 1.42. The largest absolute Gasteiger partial charge is 0.477 e. The number of carboxylic acid groups (broad SMARTS) is 1. The van der Waals surface area contributed by atoms with Gasteiger partial charge in [-0.05, 0) is 6.07 Å². The standard InChI is InChI=1S/C7H6N4O2/c8-6-3-1-4(7(12)13)9-2-5(3)10-11-6/h1-2H,(H,12,13)(H3,8,10,11). The van der Waals surface area contributed by atoms with Gasteiger partial charge in [0, 0.05) is 5.39 Å². The number of carbonyl (C=O) groups is 1. The van der Waals surface area contributed by atoms with E-state index in [-0.39, 0.29) is 11.5 Å². The van der Waals surface area contributed by atoms with E-state index >= 15 is 0 Å². The summed E-state index contributed by atoms with van der Waals surface area (Å²) in [5.74, 6) is -0.803. The van der Waals surface area contributed by atoms with Gasteiger partial charge >= 0.3 is 5.97 Å². The van der Waals surface area contributed by atoms with E-state index in [1.165, 1.54) is 12.3 Å². The quantitative estimate of drug-likeness (QED) is 0.580. The van der Waals surface area contributed by atoms with Crippen molar-refractivity contribution in [3.8, 4) is 0 Å². The van der Waals surface area contributed by atoms with Crippen molar-refractivity contribution in [3.63, 3.8) is 0 Å². The highest BCUT2D eigenvalue weighted by Gasteiger charge is 2.08. The highest BCUT2D eigenvalue weighted by atomic mass is 16.4. The Morgan fingerprint density at radius 1 is 1.62 bits per heavy atom. The predicted molar refractivity (Wildman–Crippen MR) is 45.3 cm³/mol. The molecular formula is C7H6N4O2. The average Bonchev–Trinajstić information content (AvgIpc) is 2.47. The van der Waals surface area contributed by atoms with E-state index in [1.54, 1.807) is 0 Å². The topological polar surface area (TPSA) is 105 Å². The maximum Gasteiger partial charge on any atom is 0.354 e. The van der Waals surface area contributed by atoms with Crippen LogP contribution in [0.3, 0.4) is 0 Å². The van der Waals surface area contributed by atoms with E-state index in [0.717, 1.165) is 0 Å². The van der Waals surface area contributed by atoms with Gasteiger partial charge in [-0.2, -0.15) is 5.10 Å². The summed E-state index contributed by atoms with van der Waals surface area (Å²) in [6.45, 7) is 0. The van der Waals surface area contributed by atoms with Gasteiger partial charge in [0.1, 0.15) is 5.69 Å². The van der Waals surface area contributed by atoms with Crippen molar-refractivity contribution in [2.24, 2.45) is 0 Å². The highest BCUT2D eigenvalue weighted by molar-refractivity contribution is 5.94. The van der Waals surface area contributed by atoms with Crippen LogP contribution in [0.1, 0.15) is 10.5 Å². The van der Waals surface area contributed by atoms with Crippen molar-refractivity contribution in [1.82, 2.24) is 15.2 Å². The van der Waals surface area contributed by atoms with Gasteiger partial charge in [-0.3, -0.25) is 5.10 Å². The van der Waals surface area contributed by atoms with Gasteiger partial charge in [0.05, 0.1) is 11.7 Å². The second kappa shape index (κ2) is 2.44. The molecule has 6 nitrogen and oxygen atoms in total. The van der Waals surface area contributed by atoms with Crippen LogP contribution in [0.5, 0.6) is 0 Å². The summed E-state index contributed by atoms with van der Waals surface area (Å²) in [5.41, 5.74) is 6.07. The maximum atomic E-state index is 10.5. The minimum absolute atomic E-state index is 0.0411. The summed E-state index contributed by atoms with van der Waals surface area (Å²) in [6.07, 6.45) is 1.39. The first-order valence-electron chi connectivity index (χ1n) is 3.51. The number of nitrogens with one attached hydrogen (secondary N) is 1. The number of hydrogen-bond acceptors (Lipinski definition) is 4. The SMILES string of the molecule is Nc1n[nH]c2cnc(C(=O)O)cc12. The van der Waals surface area contributed by atoms with Gasteiger partial charge in [-0.25, -0.2) is 9.78 Å². The summed E-state index contributed by atoms with van der Waals surface area (Å²) in [6, 6.07) is 1.39. The summed E-state index contributed by atoms with van der Waals surface area (Å²) < 4.78 is 0. The Balaban J connectivity index is 2.72. The first-order valence-corrected chi connectivity index (χ1v) is 3.51. The zero-order valence-corrected chi connectivity index (χ0v) is 6.48. The van der Waals surface area contributed by atoms with Crippen LogP contribution in [-0.2, 0) is 0 Å². The van der Waals surface area contributed by atoms with Gasteiger partial charge < -0.3 is 10.8 Å². The Bertz CT molecular complexity index is 476. The van der Waals surface area contributed by atoms with Crippen LogP contribution in [0.4, 0.5) is 5.82 Å². The van der Waals surface area contributed by atoms with E-state index in [4.69, 9.17) is 10.8 Å². The molecule has 0 fully saturated rings. The lowest BCUT2D eigenvalue weighted by Crippen LogP contribution is -1.99. The lowest BCUT2D eigenvalue weighted by atomic mass is 10.2. The molecule has 0 atom stereocenters. The number of aromatic nitrogens is 3. The number of fused-ring (bicyclic) bond motifs is 1. The fourth-order valence-corrected chi connectivity index (χ4v) is 1.05. The van der Waals surface area contributed by atoms with E-state index in [2.05, 4.69) is 15.2 Å². The molecule has 2 aromatic rings. The number of pyridine rings is 1. The van der Waals surface area contributed by atoms with Gasteiger partial charge in [0.25, 0.3) is 0 Å². The number of hydrogen-bond donors (Lipinski definition) is 3. The van der Waals surface area contributed by atoms with Crippen LogP contribution >= 0.6 is 0 Å². The van der Waals surface area contributed by atoms with Crippen molar-refractivity contribution in [2.45, 2.75) is 0 Å². The molecule has 0 bridgehead atoms. The zero-order chi connectivity index (χ0) is 9.42. The molecule has 2 rings (SSSR count). The number of anilines is 1. The lowest BCUT2D eigenvalue weighted by molar-refractivity contribution is 0.0691. The molecule has 0 aromatic carbocycles. The zero-order valence-electron chi connectivity index (χ0n) is 6.48. The molecule has 2 heterocycles. The molecule has 0 spiro atoms. The number of rotatable bonds is 1. The van der Waals surface area contributed by atoms with E-state index in [9.17, 15) is 4.79 Å². The lowest BCUT2D eigenvalue weighted by Gasteiger charge is -1.92. The number of nitrogens with zero attached hydrogens (tertiary/aromatic N) is 2. The van der Waals surface area contributed by atoms with Crippen molar-refractivity contribution in [3.05, 3.63) is 18.0 Å². The summed E-state index contributed by atoms with van der Waals surface area (Å²) in [7, 11) is 0. The van der Waals surface area contributed by atoms with Crippen LogP contribution in [-0.4, -0.2) is 26.3 Å². The molecule has 0 aliphatic heterocycles. The summed E-state index contributed by atoms with van der Waals surface area (Å²) in [4.78, 5) is 14.2. The molecule has 0 aliphatic carbocycles. The molecule has 0 amide bonds. The first kappa shape index (κ1) is 7.53. The molecule has 4 N–H and O–H groups in total. The summed E-state index contributed by atoms with van der Waals surface area (Å²) in [5, 5.41) is 15.6. The molecular weight excluding hydrogens is 172 g/mol. The molecule has 2 aromatic heterocycles. The predicted octanol–water partition coefficient (Wildman–Crippen LogP) is 0.238. The Morgan fingerprint density at radius 3 is 3.08 bits per heavy atom. The van der Waals surface area contributed by atoms with E-state index in [0.29, 0.717) is 10.9 Å². The van der Waals surface area contributed by atoms with Crippen LogP contribution in [0, 0.1) is 0 Å². The summed E-state index contributed by atoms with van der Waals surface area (Å²) >= 11 is 0. The van der Waals surface area contributed by atoms with Crippen molar-refractivity contribution < 1.29 is 9.90 Å². The third-order valence-corrected chi connectivity index (χ3v) is 1.70. The first-order chi connectivity index (χ1) is 6.18. The number of aromatic carboxylic acids is 1. The minimum atomic E-state index is -1.08. The van der Waals surface area contributed by atoms with E-state index < -0.39 is 5.97 Å². The normalized spacial score (nSPS) is 10.5. The smallest absolute Gasteiger partial charge is 0.354 e. The van der Waals surface area contributed by atoms with Gasteiger partial charge in [-0.15, -0.1) is 0 Å². The monoisotopic (exact) mass is 178 g/mol. The molecule has 0 saturated carbocycles. The van der Waals surface area contributed by atoms with Crippen LogP contribution in [0.15, 0.2) is 12.3 Å². The van der Waals surface area contributed by atoms with E-state index in [1.807, 2.05) is 0 Å². The molecule has 0 aliphatic rings. The number of carboxylic acids is 1. The molecule has 0 radical (unpaired) electrons. The Morgan fingerprint density at radius 2 is 2.38 bits per heavy atom. The number of nitrogens with two attached hydrogens (primary N) is 1. The van der Waals surface area contributed by atoms with Crippen LogP contribution < -0.4 is 5.73 Å². The third-order valence-electron chi connectivity index (χ3n) is 1.70. The Hall–Kier alpha value is -2.11. The Labute approximate surface area is 72.4 Å². The van der Waals surface area contributed by atoms with Crippen LogP contribution in [0.2, 0.25) is 0 Å². The van der Waals surface area contributed by atoms with Crippen LogP contribution in [0.25, 0.3) is 10.9 Å². The second-order valence-corrected chi connectivity index (χ2v) is 2.53.